The average molecular weight is 390 g/mol. The van der Waals surface area contributed by atoms with E-state index in [1.54, 1.807) is 43.7 Å². The van der Waals surface area contributed by atoms with Gasteiger partial charge in [-0.25, -0.2) is 4.79 Å². The Morgan fingerprint density at radius 2 is 2.10 bits per heavy atom. The molecule has 0 radical (unpaired) electrons. The zero-order valence-electron chi connectivity index (χ0n) is 16.3. The van der Waals surface area contributed by atoms with Crippen molar-refractivity contribution in [3.05, 3.63) is 53.7 Å². The van der Waals surface area contributed by atoms with Crippen LogP contribution >= 0.6 is 0 Å². The number of urea groups is 1. The van der Waals surface area contributed by atoms with Crippen LogP contribution in [-0.4, -0.2) is 35.4 Å². The molecule has 0 aliphatic heterocycles. The Morgan fingerprint density at radius 1 is 1.28 bits per heavy atom. The number of benzene rings is 2. The van der Waals surface area contributed by atoms with Crippen LogP contribution in [0.4, 0.5) is 10.5 Å². The van der Waals surface area contributed by atoms with Gasteiger partial charge in [0.05, 0.1) is 5.52 Å². The van der Waals surface area contributed by atoms with E-state index in [2.05, 4.69) is 20.6 Å². The number of aliphatic imine (C=N–C) groups is 1. The zero-order chi connectivity index (χ0) is 20.4. The molecule has 0 unspecified atom stereocenters. The molecule has 1 heterocycles. The molecule has 7 heteroatoms. The summed E-state index contributed by atoms with van der Waals surface area (Å²) >= 11 is 0. The van der Waals surface area contributed by atoms with Crippen LogP contribution in [0.15, 0.2) is 47.6 Å². The highest BCUT2D eigenvalue weighted by Crippen LogP contribution is 2.33. The maximum absolute atomic E-state index is 12.0. The number of fused-ring (bicyclic) bond motifs is 1. The highest BCUT2D eigenvalue weighted by Gasteiger charge is 2.23. The molecule has 1 aromatic heterocycles. The third-order valence-electron chi connectivity index (χ3n) is 4.70. The summed E-state index contributed by atoms with van der Waals surface area (Å²) in [5, 5.41) is 16.7. The number of aryl methyl sites for hydroxylation is 1. The van der Waals surface area contributed by atoms with Gasteiger partial charge in [-0.15, -0.1) is 0 Å². The lowest BCUT2D eigenvalue weighted by Gasteiger charge is -2.13. The van der Waals surface area contributed by atoms with Crippen molar-refractivity contribution < 1.29 is 14.6 Å². The number of carbonyl (C=O) groups excluding carboxylic acids is 1. The molecule has 0 saturated heterocycles. The van der Waals surface area contributed by atoms with Crippen molar-refractivity contribution in [2.45, 2.75) is 25.8 Å². The molecule has 2 aromatic carbocycles. The Balaban J connectivity index is 1.58. The van der Waals surface area contributed by atoms with E-state index in [0.717, 1.165) is 29.5 Å². The van der Waals surface area contributed by atoms with Gasteiger partial charge in [-0.05, 0) is 55.7 Å². The van der Waals surface area contributed by atoms with Crippen LogP contribution in [-0.2, 0) is 0 Å². The maximum atomic E-state index is 12.0. The molecule has 3 N–H and O–H groups in total. The Bertz CT molecular complexity index is 1110. The monoisotopic (exact) mass is 390 g/mol. The van der Waals surface area contributed by atoms with E-state index in [1.165, 1.54) is 0 Å². The first kappa shape index (κ1) is 18.7. The molecule has 7 nitrogen and oxygen atoms in total. The lowest BCUT2D eigenvalue weighted by molar-refractivity contribution is 0.251. The number of phenols is 1. The fraction of sp³-hybridized carbons (Fsp3) is 0.227. The predicted molar refractivity (Wildman–Crippen MR) is 113 cm³/mol. The largest absolute Gasteiger partial charge is 0.507 e. The van der Waals surface area contributed by atoms with Gasteiger partial charge < -0.3 is 20.5 Å². The van der Waals surface area contributed by atoms with Gasteiger partial charge >= 0.3 is 6.03 Å². The van der Waals surface area contributed by atoms with E-state index in [4.69, 9.17) is 4.74 Å². The predicted octanol–water partition coefficient (Wildman–Crippen LogP) is 4.37. The lowest BCUT2D eigenvalue weighted by atomic mass is 10.1. The average Bonchev–Trinajstić information content (AvgIpc) is 3.49. The van der Waals surface area contributed by atoms with Crippen LogP contribution in [0.5, 0.6) is 17.2 Å². The van der Waals surface area contributed by atoms with Crippen molar-refractivity contribution >= 4 is 28.8 Å². The van der Waals surface area contributed by atoms with Crippen LogP contribution in [0.2, 0.25) is 0 Å². The first-order chi connectivity index (χ1) is 14.0. The summed E-state index contributed by atoms with van der Waals surface area (Å²) in [6.07, 6.45) is 5.31. The summed E-state index contributed by atoms with van der Waals surface area (Å²) < 4.78 is 6.09. The first-order valence-corrected chi connectivity index (χ1v) is 9.43. The number of carbonyl (C=O) groups is 1. The molecule has 148 valence electrons. The molecule has 0 atom stereocenters. The molecule has 2 amide bonds. The molecular weight excluding hydrogens is 368 g/mol. The van der Waals surface area contributed by atoms with E-state index in [-0.39, 0.29) is 11.8 Å². The second-order valence-electron chi connectivity index (χ2n) is 7.08. The maximum Gasteiger partial charge on any atom is 0.319 e. The van der Waals surface area contributed by atoms with Gasteiger partial charge in [0.15, 0.2) is 0 Å². The highest BCUT2D eigenvalue weighted by molar-refractivity contribution is 5.95. The van der Waals surface area contributed by atoms with Gasteiger partial charge in [0.25, 0.3) is 0 Å². The molecular formula is C22H22N4O3. The fourth-order valence-corrected chi connectivity index (χ4v) is 3.04. The topological polar surface area (TPSA) is 95.8 Å². The third-order valence-corrected chi connectivity index (χ3v) is 4.70. The molecule has 1 saturated carbocycles. The van der Waals surface area contributed by atoms with E-state index >= 15 is 0 Å². The molecule has 1 aliphatic rings. The van der Waals surface area contributed by atoms with Gasteiger partial charge in [0.2, 0.25) is 0 Å². The lowest BCUT2D eigenvalue weighted by Crippen LogP contribution is -2.30. The summed E-state index contributed by atoms with van der Waals surface area (Å²) in [6, 6.07) is 10.8. The van der Waals surface area contributed by atoms with Gasteiger partial charge in [0, 0.05) is 48.2 Å². The number of ether oxygens (including phenoxy) is 1. The van der Waals surface area contributed by atoms with Crippen LogP contribution in [0.3, 0.4) is 0 Å². The van der Waals surface area contributed by atoms with Gasteiger partial charge in [-0.3, -0.25) is 9.98 Å². The number of amides is 2. The smallest absolute Gasteiger partial charge is 0.319 e. The second kappa shape index (κ2) is 7.79. The Labute approximate surface area is 168 Å². The minimum Gasteiger partial charge on any atom is -0.507 e. The van der Waals surface area contributed by atoms with E-state index < -0.39 is 0 Å². The minimum atomic E-state index is -0.186. The molecule has 0 bridgehead atoms. The van der Waals surface area contributed by atoms with Crippen LogP contribution in [0.25, 0.3) is 10.9 Å². The molecule has 29 heavy (non-hydrogen) atoms. The zero-order valence-corrected chi connectivity index (χ0v) is 16.3. The SMILES string of the molecule is CN=Cc1cc2c(Oc3ccc(NC(=O)NC4CC4)c(C)c3)ccnc2cc1O. The van der Waals surface area contributed by atoms with Gasteiger partial charge in [-0.2, -0.15) is 0 Å². The normalized spacial score (nSPS) is 13.6. The summed E-state index contributed by atoms with van der Waals surface area (Å²) in [7, 11) is 1.65. The van der Waals surface area contributed by atoms with Crippen molar-refractivity contribution in [3.8, 4) is 17.2 Å². The number of aromatic hydroxyl groups is 1. The molecule has 1 aliphatic carbocycles. The number of nitrogens with zero attached hydrogens (tertiary/aromatic N) is 2. The van der Waals surface area contributed by atoms with Crippen molar-refractivity contribution in [1.29, 1.82) is 0 Å². The van der Waals surface area contributed by atoms with Gasteiger partial charge in [-0.1, -0.05) is 0 Å². The third kappa shape index (κ3) is 4.29. The highest BCUT2D eigenvalue weighted by atomic mass is 16.5. The van der Waals surface area contributed by atoms with E-state index in [0.29, 0.717) is 28.6 Å². The second-order valence-corrected chi connectivity index (χ2v) is 7.08. The van der Waals surface area contributed by atoms with Crippen molar-refractivity contribution in [1.82, 2.24) is 10.3 Å². The number of pyridine rings is 1. The van der Waals surface area contributed by atoms with E-state index in [1.807, 2.05) is 19.1 Å². The Morgan fingerprint density at radius 3 is 2.83 bits per heavy atom. The number of phenolic OH excluding ortho intramolecular Hbond substituents is 1. The molecule has 0 spiro atoms. The van der Waals surface area contributed by atoms with Crippen molar-refractivity contribution in [2.24, 2.45) is 4.99 Å². The molecule has 3 aromatic rings. The first-order valence-electron chi connectivity index (χ1n) is 9.43. The number of rotatable bonds is 5. The van der Waals surface area contributed by atoms with Crippen LogP contribution < -0.4 is 15.4 Å². The molecule has 1 fully saturated rings. The Hall–Kier alpha value is -3.61. The summed E-state index contributed by atoms with van der Waals surface area (Å²) in [5.74, 6) is 1.37. The quantitative estimate of drug-likeness (QED) is 0.564. The summed E-state index contributed by atoms with van der Waals surface area (Å²) in [6.45, 7) is 1.91. The van der Waals surface area contributed by atoms with Crippen LogP contribution in [0, 0.1) is 6.92 Å². The summed E-state index contributed by atoms with van der Waals surface area (Å²) in [5.41, 5.74) is 2.85. The van der Waals surface area contributed by atoms with Crippen molar-refractivity contribution in [2.75, 3.05) is 12.4 Å². The van der Waals surface area contributed by atoms with Gasteiger partial charge in [0.1, 0.15) is 17.2 Å². The minimum absolute atomic E-state index is 0.114. The number of hydrogen-bond acceptors (Lipinski definition) is 5. The number of aromatic nitrogens is 1. The number of hydrogen-bond donors (Lipinski definition) is 3. The Kier molecular flexibility index (Phi) is 5.03. The summed E-state index contributed by atoms with van der Waals surface area (Å²) in [4.78, 5) is 20.2. The number of anilines is 1. The fourth-order valence-electron chi connectivity index (χ4n) is 3.04. The van der Waals surface area contributed by atoms with Crippen molar-refractivity contribution in [3.63, 3.8) is 0 Å². The van der Waals surface area contributed by atoms with Crippen LogP contribution in [0.1, 0.15) is 24.0 Å². The standard InChI is InChI=1S/C22H22N4O3/c1-13-9-16(5-6-18(13)26-22(28)25-15-3-4-15)29-21-7-8-24-19-11-20(27)14(12-23-2)10-17(19)21/h5-12,15,27H,3-4H2,1-2H3,(H2,25,26,28). The van der Waals surface area contributed by atoms with E-state index in [9.17, 15) is 9.90 Å². The number of nitrogens with one attached hydrogen (secondary N) is 2. The molecule has 4 rings (SSSR count).